The van der Waals surface area contributed by atoms with Gasteiger partial charge in [0.15, 0.2) is 11.6 Å². The lowest BCUT2D eigenvalue weighted by molar-refractivity contribution is -0.137. The van der Waals surface area contributed by atoms with Gasteiger partial charge in [0.1, 0.15) is 0 Å². The van der Waals surface area contributed by atoms with Crippen LogP contribution in [0.4, 0.5) is 0 Å². The average molecular weight is 567 g/mol. The van der Waals surface area contributed by atoms with Crippen LogP contribution < -0.4 is 0 Å². The number of aromatic nitrogens is 4. The quantitative estimate of drug-likeness (QED) is 0.275. The van der Waals surface area contributed by atoms with Crippen LogP contribution in [0.15, 0.2) is 18.2 Å². The Hall–Kier alpha value is -4.07. The van der Waals surface area contributed by atoms with Gasteiger partial charge in [0.05, 0.1) is 16.7 Å². The predicted molar refractivity (Wildman–Crippen MR) is 163 cm³/mol. The monoisotopic (exact) mass is 566 g/mol. The van der Waals surface area contributed by atoms with Crippen molar-refractivity contribution in [3.8, 4) is 0 Å². The summed E-state index contributed by atoms with van der Waals surface area (Å²) in [5.41, 5.74) is 10.6. The Kier molecular flexibility index (Phi) is 6.71. The minimum Gasteiger partial charge on any atom is -0.481 e. The molecule has 218 valence electrons. The zero-order valence-corrected chi connectivity index (χ0v) is 25.3. The van der Waals surface area contributed by atoms with E-state index in [4.69, 9.17) is 9.97 Å². The first kappa shape index (κ1) is 28.1. The normalized spacial score (nSPS) is 23.0. The maximum Gasteiger partial charge on any atom is 0.303 e. The molecule has 0 saturated carbocycles. The topological polar surface area (TPSA) is 129 Å². The molecule has 0 saturated heterocycles. The van der Waals surface area contributed by atoms with Crippen LogP contribution in [0.1, 0.15) is 144 Å². The van der Waals surface area contributed by atoms with E-state index < -0.39 is 5.97 Å². The second kappa shape index (κ2) is 10.0. The Labute approximate surface area is 245 Å². The lowest BCUT2D eigenvalue weighted by atomic mass is 9.84. The van der Waals surface area contributed by atoms with Crippen molar-refractivity contribution in [3.63, 3.8) is 0 Å². The summed E-state index contributed by atoms with van der Waals surface area (Å²) in [5.74, 6) is -1.09. The molecule has 1 aliphatic carbocycles. The molecule has 8 nitrogen and oxygen atoms in total. The van der Waals surface area contributed by atoms with Crippen molar-refractivity contribution in [3.05, 3.63) is 68.8 Å². The van der Waals surface area contributed by atoms with E-state index in [0.717, 1.165) is 68.0 Å². The van der Waals surface area contributed by atoms with Crippen LogP contribution in [0.3, 0.4) is 0 Å². The first-order chi connectivity index (χ1) is 19.9. The van der Waals surface area contributed by atoms with Crippen LogP contribution in [0, 0.1) is 13.8 Å². The Morgan fingerprint density at radius 3 is 2.17 bits per heavy atom. The summed E-state index contributed by atoms with van der Waals surface area (Å²) in [5, 5.41) is 9.55. The van der Waals surface area contributed by atoms with Crippen LogP contribution in [-0.2, 0) is 4.79 Å². The lowest BCUT2D eigenvalue weighted by Gasteiger charge is -2.17. The molecule has 0 aromatic carbocycles. The Morgan fingerprint density at radius 2 is 1.50 bits per heavy atom. The standard InChI is InChI=1S/C34H38N4O4/c1-8-20-14(2)22-13-27-29(19(7)39)16(4)24(36-27)11-23-15(3)21(9-10-28(40)41)32(37-23)30-18(6)34(42)31-17(5)25(38-33(30)31)12-26(20)35-22/h11-15,18,20-21,36,38H,8-10H2,1-7H3,(H,40,41)/t14-,15+,18-,20-,21+/m1/s1. The Morgan fingerprint density at radius 1 is 0.881 bits per heavy atom. The van der Waals surface area contributed by atoms with E-state index in [9.17, 15) is 19.5 Å². The Balaban J connectivity index is 1.78. The Bertz CT molecular complexity index is 1850. The molecule has 0 unspecified atom stereocenters. The highest BCUT2D eigenvalue weighted by atomic mass is 16.4. The lowest BCUT2D eigenvalue weighted by Crippen LogP contribution is -2.10. The molecule has 0 spiro atoms. The minimum atomic E-state index is -0.856. The number of hydrogen-bond acceptors (Lipinski definition) is 5. The summed E-state index contributed by atoms with van der Waals surface area (Å²) in [7, 11) is 0. The van der Waals surface area contributed by atoms with E-state index in [0.29, 0.717) is 17.5 Å². The predicted octanol–water partition coefficient (Wildman–Crippen LogP) is 7.48. The first-order valence-electron chi connectivity index (χ1n) is 15.0. The van der Waals surface area contributed by atoms with Gasteiger partial charge in [0.25, 0.3) is 0 Å². The number of aliphatic carboxylic acids is 1. The molecule has 5 heterocycles. The number of aryl methyl sites for hydroxylation is 2. The molecular formula is C34H38N4O4. The van der Waals surface area contributed by atoms with Gasteiger partial charge in [-0.25, -0.2) is 0 Å². The molecule has 3 N–H and O–H groups in total. The third-order valence-corrected chi connectivity index (χ3v) is 9.94. The summed E-state index contributed by atoms with van der Waals surface area (Å²) >= 11 is 0. The zero-order chi connectivity index (χ0) is 30.2. The maximum atomic E-state index is 13.7. The molecule has 0 radical (unpaired) electrons. The van der Waals surface area contributed by atoms with Gasteiger partial charge in [-0.3, -0.25) is 24.4 Å². The fourth-order valence-electron chi connectivity index (χ4n) is 7.49. The largest absolute Gasteiger partial charge is 0.481 e. The van der Waals surface area contributed by atoms with Crippen molar-refractivity contribution in [2.45, 2.75) is 97.3 Å². The number of carboxylic acid groups (broad SMARTS) is 1. The number of hydrogen-bond donors (Lipinski definition) is 3. The number of fused-ring (bicyclic) bond motifs is 8. The molecule has 0 fully saturated rings. The van der Waals surface area contributed by atoms with Crippen molar-refractivity contribution in [2.24, 2.45) is 0 Å². The number of carboxylic acids is 1. The smallest absolute Gasteiger partial charge is 0.303 e. The van der Waals surface area contributed by atoms with Gasteiger partial charge in [0, 0.05) is 80.8 Å². The highest BCUT2D eigenvalue weighted by Crippen LogP contribution is 2.47. The number of carbonyl (C=O) groups is 3. The van der Waals surface area contributed by atoms with Crippen LogP contribution in [-0.4, -0.2) is 42.6 Å². The van der Waals surface area contributed by atoms with Gasteiger partial charge in [-0.05, 0) is 62.9 Å². The van der Waals surface area contributed by atoms with Crippen LogP contribution in [0.5, 0.6) is 0 Å². The second-order valence-corrected chi connectivity index (χ2v) is 12.4. The van der Waals surface area contributed by atoms with E-state index >= 15 is 0 Å². The summed E-state index contributed by atoms with van der Waals surface area (Å²) in [4.78, 5) is 55.5. The maximum absolute atomic E-state index is 13.7. The van der Waals surface area contributed by atoms with E-state index in [-0.39, 0.29) is 47.6 Å². The van der Waals surface area contributed by atoms with Gasteiger partial charge >= 0.3 is 5.97 Å². The highest BCUT2D eigenvalue weighted by Gasteiger charge is 2.39. The number of nitrogens with one attached hydrogen (secondary N) is 2. The number of carbonyl (C=O) groups excluding carboxylic acids is 2. The van der Waals surface area contributed by atoms with Crippen molar-refractivity contribution in [2.75, 3.05) is 0 Å². The van der Waals surface area contributed by atoms with Gasteiger partial charge in [0.2, 0.25) is 0 Å². The number of rotatable bonds is 5. The van der Waals surface area contributed by atoms with E-state index in [1.165, 1.54) is 0 Å². The average Bonchev–Trinajstić information content (AvgIpc) is 3.65. The number of ketones is 2. The van der Waals surface area contributed by atoms with Gasteiger partial charge in [-0.1, -0.05) is 27.7 Å². The van der Waals surface area contributed by atoms with Crippen molar-refractivity contribution >= 4 is 39.6 Å². The molecule has 8 heteroatoms. The minimum absolute atomic E-state index is 0.0106. The van der Waals surface area contributed by atoms with Crippen LogP contribution in [0.2, 0.25) is 0 Å². The highest BCUT2D eigenvalue weighted by molar-refractivity contribution is 6.15. The van der Waals surface area contributed by atoms with Gasteiger partial charge < -0.3 is 15.1 Å². The summed E-state index contributed by atoms with van der Waals surface area (Å²) in [6.45, 7) is 13.8. The second-order valence-electron chi connectivity index (χ2n) is 12.4. The van der Waals surface area contributed by atoms with E-state index in [1.54, 1.807) is 6.92 Å². The van der Waals surface area contributed by atoms with Crippen molar-refractivity contribution in [1.82, 2.24) is 19.9 Å². The number of nitrogens with zero attached hydrogens (tertiary/aromatic N) is 2. The molecule has 0 amide bonds. The number of aromatic amines is 2. The summed E-state index contributed by atoms with van der Waals surface area (Å²) < 4.78 is 0. The van der Waals surface area contributed by atoms with Crippen molar-refractivity contribution in [1.29, 1.82) is 0 Å². The van der Waals surface area contributed by atoms with Gasteiger partial charge in [-0.15, -0.1) is 0 Å². The number of Topliss-reactive ketones (excluding diaryl/α,β-unsaturated/α-hetero) is 2. The van der Waals surface area contributed by atoms with E-state index in [2.05, 4.69) is 36.8 Å². The zero-order valence-electron chi connectivity index (χ0n) is 25.3. The molecule has 3 aromatic rings. The molecule has 3 aromatic heterocycles. The van der Waals surface area contributed by atoms with Crippen LogP contribution in [0.25, 0.3) is 22.1 Å². The van der Waals surface area contributed by atoms with E-state index in [1.807, 2.05) is 32.9 Å². The molecule has 3 aliphatic rings. The fraction of sp³-hybridized carbons (Fsp3) is 0.441. The SMILES string of the molecule is CC[C@H]1c2cc3[nH]c4c(c3C)C(=O)[C@H](C)c4c3nc(cc4[nH]c(cc(n2)[C@@H]1C)c(C(C)=O)c4C)[C@@H](C)[C@@H]3CCC(=O)O. The molecule has 6 rings (SSSR count). The third kappa shape index (κ3) is 4.14. The summed E-state index contributed by atoms with van der Waals surface area (Å²) in [6, 6.07) is 6.07. The molecule has 8 bridgehead atoms. The number of H-pyrrole nitrogens is 2. The van der Waals surface area contributed by atoms with Crippen LogP contribution >= 0.6 is 0 Å². The van der Waals surface area contributed by atoms with Crippen molar-refractivity contribution < 1.29 is 19.5 Å². The molecule has 5 atom stereocenters. The third-order valence-electron chi connectivity index (χ3n) is 9.94. The molecule has 42 heavy (non-hydrogen) atoms. The van der Waals surface area contributed by atoms with Gasteiger partial charge in [-0.2, -0.15) is 0 Å². The first-order valence-corrected chi connectivity index (χ1v) is 15.0. The molecule has 2 aliphatic heterocycles. The summed E-state index contributed by atoms with van der Waals surface area (Å²) in [6.07, 6.45) is 1.33. The molecular weight excluding hydrogens is 528 g/mol. The fourth-order valence-corrected chi connectivity index (χ4v) is 7.49.